The molecule has 0 radical (unpaired) electrons. The number of ether oxygens (including phenoxy) is 3. The predicted molar refractivity (Wildman–Crippen MR) is 151 cm³/mol. The third-order valence-corrected chi connectivity index (χ3v) is 9.84. The quantitative estimate of drug-likeness (QED) is 0.139. The highest BCUT2D eigenvalue weighted by Crippen LogP contribution is 2.45. The summed E-state index contributed by atoms with van der Waals surface area (Å²) < 4.78 is 65.9. The molecule has 0 spiro atoms. The van der Waals surface area contributed by atoms with Crippen molar-refractivity contribution in [2.24, 2.45) is 0 Å². The second-order valence-corrected chi connectivity index (χ2v) is 17.8. The number of carbonyl (C=O) groups excluding carboxylic acids is 1. The van der Waals surface area contributed by atoms with Gasteiger partial charge in [0.1, 0.15) is 36.2 Å². The van der Waals surface area contributed by atoms with Gasteiger partial charge in [-0.05, 0) is 48.0 Å². The van der Waals surface area contributed by atoms with Crippen molar-refractivity contribution in [3.05, 3.63) is 71.4 Å². The number of fused-ring (bicyclic) bond motifs is 3. The van der Waals surface area contributed by atoms with Gasteiger partial charge >= 0.3 is 5.97 Å². The number of aliphatic hydroxyl groups excluding tert-OH is 1. The molecule has 40 heavy (non-hydrogen) atoms. The Labute approximate surface area is 233 Å². The Morgan fingerprint density at radius 3 is 2.65 bits per heavy atom. The first kappa shape index (κ1) is 29.5. The van der Waals surface area contributed by atoms with Crippen LogP contribution < -0.4 is 9.04 Å². The van der Waals surface area contributed by atoms with E-state index in [9.17, 15) is 22.7 Å². The van der Waals surface area contributed by atoms with E-state index in [2.05, 4.69) is 19.6 Å². The molecule has 3 aromatic rings. The summed E-state index contributed by atoms with van der Waals surface area (Å²) >= 11 is 0. The van der Waals surface area contributed by atoms with Crippen molar-refractivity contribution in [2.75, 3.05) is 31.4 Å². The lowest BCUT2D eigenvalue weighted by Gasteiger charge is -2.29. The fraction of sp³-hybridized carbons (Fsp3) is 0.321. The fourth-order valence-electron chi connectivity index (χ4n) is 4.25. The third-order valence-electron chi connectivity index (χ3n) is 6.32. The summed E-state index contributed by atoms with van der Waals surface area (Å²) in [7, 11) is -4.76. The summed E-state index contributed by atoms with van der Waals surface area (Å²) in [5.41, 5.74) is 1.17. The van der Waals surface area contributed by atoms with E-state index in [1.165, 1.54) is 31.6 Å². The van der Waals surface area contributed by atoms with Crippen molar-refractivity contribution < 1.29 is 41.3 Å². The monoisotopic (exact) mass is 589 g/mol. The van der Waals surface area contributed by atoms with E-state index in [4.69, 9.17) is 18.6 Å². The van der Waals surface area contributed by atoms with E-state index in [0.29, 0.717) is 23.5 Å². The first-order valence-corrected chi connectivity index (χ1v) is 17.7. The number of hydrogen-bond acceptors (Lipinski definition) is 8. The molecule has 1 N–H and O–H groups in total. The number of methoxy groups -OCH3 is 1. The van der Waals surface area contributed by atoms with E-state index in [1.807, 2.05) is 0 Å². The molecule has 9 nitrogen and oxygen atoms in total. The summed E-state index contributed by atoms with van der Waals surface area (Å²) in [4.78, 5) is 12.9. The Hall–Kier alpha value is -3.45. The second-order valence-electron chi connectivity index (χ2n) is 10.3. The lowest BCUT2D eigenvalue weighted by molar-refractivity contribution is 0.0595. The molecule has 214 valence electrons. The number of nitrogens with zero attached hydrogens (tertiary/aromatic N) is 1. The van der Waals surface area contributed by atoms with Crippen LogP contribution >= 0.6 is 0 Å². The number of carbonyl (C=O) groups is 1. The SMILES string of the molecule is COC(=O)c1c(N(COCC[Si](C)(C)C)S(=O)(=O)c2ccc(F)cc2C=CCO)ccc2c1OCc1occc1-2. The number of aliphatic hydroxyl groups is 1. The highest BCUT2D eigenvalue weighted by atomic mass is 32.2. The van der Waals surface area contributed by atoms with Crippen LogP contribution in [0.2, 0.25) is 25.7 Å². The van der Waals surface area contributed by atoms with Gasteiger partial charge in [0, 0.05) is 25.8 Å². The maximum Gasteiger partial charge on any atom is 0.343 e. The molecule has 1 aromatic heterocycles. The Kier molecular flexibility index (Phi) is 8.83. The van der Waals surface area contributed by atoms with E-state index < -0.39 is 36.6 Å². The number of benzene rings is 2. The first-order valence-electron chi connectivity index (χ1n) is 12.6. The van der Waals surface area contributed by atoms with E-state index in [1.54, 1.807) is 12.1 Å². The van der Waals surface area contributed by atoms with Crippen LogP contribution in [0.25, 0.3) is 17.2 Å². The average molecular weight is 590 g/mol. The van der Waals surface area contributed by atoms with Gasteiger partial charge < -0.3 is 23.7 Å². The van der Waals surface area contributed by atoms with Crippen LogP contribution in [0.1, 0.15) is 21.7 Å². The average Bonchev–Trinajstić information content (AvgIpc) is 3.39. The van der Waals surface area contributed by atoms with Crippen molar-refractivity contribution in [1.82, 2.24) is 0 Å². The number of halogens is 1. The summed E-state index contributed by atoms with van der Waals surface area (Å²) in [5.74, 6) is -0.731. The molecule has 1 aliphatic heterocycles. The molecule has 0 amide bonds. The maximum absolute atomic E-state index is 14.2. The van der Waals surface area contributed by atoms with Gasteiger partial charge in [-0.2, -0.15) is 0 Å². The summed E-state index contributed by atoms with van der Waals surface area (Å²) in [6.07, 6.45) is 4.13. The minimum atomic E-state index is -4.45. The van der Waals surface area contributed by atoms with Gasteiger partial charge in [0.2, 0.25) is 0 Å². The lowest BCUT2D eigenvalue weighted by Crippen LogP contribution is -2.36. The Morgan fingerprint density at radius 2 is 1.95 bits per heavy atom. The second kappa shape index (κ2) is 12.0. The molecule has 2 aromatic carbocycles. The highest BCUT2D eigenvalue weighted by Gasteiger charge is 2.35. The van der Waals surface area contributed by atoms with Crippen LogP contribution in [0.4, 0.5) is 10.1 Å². The number of furan rings is 1. The molecule has 0 bridgehead atoms. The van der Waals surface area contributed by atoms with E-state index >= 15 is 0 Å². The van der Waals surface area contributed by atoms with Gasteiger partial charge in [0.05, 0.1) is 30.6 Å². The van der Waals surface area contributed by atoms with Crippen LogP contribution in [0.15, 0.2) is 58.1 Å². The number of rotatable bonds is 11. The molecule has 1 aliphatic rings. The number of sulfonamides is 1. The van der Waals surface area contributed by atoms with Crippen LogP contribution in [0, 0.1) is 5.82 Å². The molecule has 0 unspecified atom stereocenters. The minimum absolute atomic E-state index is 0.0213. The molecular formula is C28H32FNO8SSi. The van der Waals surface area contributed by atoms with Crippen molar-refractivity contribution in [3.8, 4) is 16.9 Å². The van der Waals surface area contributed by atoms with Gasteiger partial charge in [-0.25, -0.2) is 21.9 Å². The molecule has 0 saturated carbocycles. The Morgan fingerprint density at radius 1 is 1.18 bits per heavy atom. The third kappa shape index (κ3) is 6.14. The molecular weight excluding hydrogens is 557 g/mol. The number of anilines is 1. The molecule has 2 heterocycles. The molecule has 0 aliphatic carbocycles. The lowest BCUT2D eigenvalue weighted by atomic mass is 9.98. The Balaban J connectivity index is 1.89. The summed E-state index contributed by atoms with van der Waals surface area (Å²) in [5, 5.41) is 9.25. The first-order chi connectivity index (χ1) is 19.0. The van der Waals surface area contributed by atoms with E-state index in [-0.39, 0.29) is 40.7 Å². The van der Waals surface area contributed by atoms with Crippen molar-refractivity contribution in [3.63, 3.8) is 0 Å². The molecule has 0 fully saturated rings. The molecule has 4 rings (SSSR count). The molecule has 0 saturated heterocycles. The number of hydrogen-bond donors (Lipinski definition) is 1. The van der Waals surface area contributed by atoms with Crippen molar-refractivity contribution >= 4 is 35.8 Å². The highest BCUT2D eigenvalue weighted by molar-refractivity contribution is 7.93. The zero-order valence-corrected chi connectivity index (χ0v) is 24.6. The van der Waals surface area contributed by atoms with Gasteiger partial charge in [-0.1, -0.05) is 31.8 Å². The summed E-state index contributed by atoms with van der Waals surface area (Å²) in [6.45, 7) is 6.06. The minimum Gasteiger partial charge on any atom is -0.484 e. The zero-order valence-electron chi connectivity index (χ0n) is 22.8. The summed E-state index contributed by atoms with van der Waals surface area (Å²) in [6, 6.07) is 8.88. The number of esters is 1. The maximum atomic E-state index is 14.2. The predicted octanol–water partition coefficient (Wildman–Crippen LogP) is 5.28. The van der Waals surface area contributed by atoms with Gasteiger partial charge in [-0.15, -0.1) is 0 Å². The van der Waals surface area contributed by atoms with Gasteiger partial charge in [0.25, 0.3) is 10.0 Å². The van der Waals surface area contributed by atoms with Crippen molar-refractivity contribution in [2.45, 2.75) is 37.2 Å². The van der Waals surface area contributed by atoms with Crippen molar-refractivity contribution in [1.29, 1.82) is 0 Å². The van der Waals surface area contributed by atoms with Gasteiger partial charge in [0.15, 0.2) is 0 Å². The fourth-order valence-corrected chi connectivity index (χ4v) is 6.53. The van der Waals surface area contributed by atoms with Crippen LogP contribution in [-0.4, -0.2) is 54.6 Å². The van der Waals surface area contributed by atoms with Gasteiger partial charge in [-0.3, -0.25) is 0 Å². The molecule has 0 atom stereocenters. The van der Waals surface area contributed by atoms with Crippen LogP contribution in [-0.2, 0) is 26.1 Å². The zero-order chi connectivity index (χ0) is 29.1. The Bertz CT molecular complexity index is 1530. The normalized spacial score (nSPS) is 13.1. The molecule has 12 heteroatoms. The largest absolute Gasteiger partial charge is 0.484 e. The smallest absolute Gasteiger partial charge is 0.343 e. The van der Waals surface area contributed by atoms with Crippen LogP contribution in [0.5, 0.6) is 5.75 Å². The van der Waals surface area contributed by atoms with E-state index in [0.717, 1.165) is 28.5 Å². The topological polar surface area (TPSA) is 116 Å². The standard InChI is InChI=1S/C28H32FNO8SSi/c1-35-28(32)26-23(9-8-22-21-11-13-37-24(21)17-38-27(22)26)30(18-36-14-15-40(2,3)4)39(33,34)25-10-7-20(29)16-19(25)6-5-12-31/h5-11,13,16,31H,12,14-15,17-18H2,1-4H3. The van der Waals surface area contributed by atoms with Crippen LogP contribution in [0.3, 0.4) is 0 Å².